The lowest BCUT2D eigenvalue weighted by Crippen LogP contribution is -2.38. The van der Waals surface area contributed by atoms with E-state index in [1.54, 1.807) is 31.4 Å². The number of aryl methyl sites for hydroxylation is 1. The van der Waals surface area contributed by atoms with Gasteiger partial charge in [-0.3, -0.25) is 5.21 Å². The fraction of sp³-hybridized carbons (Fsp3) is 0.278. The molecule has 0 spiro atoms. The Bertz CT molecular complexity index is 763. The summed E-state index contributed by atoms with van der Waals surface area (Å²) in [7, 11) is 1.64. The molecule has 2 amide bonds. The van der Waals surface area contributed by atoms with Crippen LogP contribution in [0.2, 0.25) is 0 Å². The molecule has 2 aromatic carbocycles. The molecule has 0 aliphatic carbocycles. The van der Waals surface area contributed by atoms with E-state index < -0.39 is 11.8 Å². The van der Waals surface area contributed by atoms with E-state index in [0.717, 1.165) is 24.2 Å². The quantitative estimate of drug-likeness (QED) is 0.582. The summed E-state index contributed by atoms with van der Waals surface area (Å²) in [6.45, 7) is 1.91. The number of urea groups is 1. The first-order valence-electron chi connectivity index (χ1n) is 7.87. The minimum atomic E-state index is -0.707. The second-order valence-electron chi connectivity index (χ2n) is 5.90. The number of nitrogens with one attached hydrogen (secondary N) is 2. The van der Waals surface area contributed by atoms with E-state index >= 15 is 0 Å². The van der Waals surface area contributed by atoms with Crippen LogP contribution < -0.4 is 20.3 Å². The number of carbonyl (C=O) groups excluding carboxylic acids is 1. The van der Waals surface area contributed by atoms with Gasteiger partial charge in [-0.05, 0) is 42.3 Å². The van der Waals surface area contributed by atoms with Crippen LogP contribution in [0.4, 0.5) is 10.5 Å². The fourth-order valence-electron chi connectivity index (χ4n) is 2.59. The van der Waals surface area contributed by atoms with Crippen LogP contribution in [-0.4, -0.2) is 24.1 Å². The Hall–Kier alpha value is -2.77. The third kappa shape index (κ3) is 4.01. The molecular weight excluding hydrogens is 324 g/mol. The van der Waals surface area contributed by atoms with Gasteiger partial charge in [-0.25, -0.2) is 10.3 Å². The maximum atomic E-state index is 11.0. The number of anilines is 1. The second-order valence-corrected chi connectivity index (χ2v) is 5.90. The summed E-state index contributed by atoms with van der Waals surface area (Å²) in [6.07, 6.45) is 1.68. The molecule has 1 aliphatic rings. The van der Waals surface area contributed by atoms with Gasteiger partial charge in [-0.1, -0.05) is 6.07 Å². The molecule has 0 fully saturated rings. The fourth-order valence-corrected chi connectivity index (χ4v) is 2.59. The number of fused-ring (bicyclic) bond motifs is 1. The highest BCUT2D eigenvalue weighted by molar-refractivity contribution is 5.88. The van der Waals surface area contributed by atoms with Crippen molar-refractivity contribution in [3.63, 3.8) is 0 Å². The van der Waals surface area contributed by atoms with E-state index in [4.69, 9.17) is 19.4 Å². The van der Waals surface area contributed by atoms with Crippen molar-refractivity contribution >= 4 is 11.7 Å². The third-order valence-corrected chi connectivity index (χ3v) is 4.09. The van der Waals surface area contributed by atoms with Crippen molar-refractivity contribution in [2.45, 2.75) is 25.6 Å². The summed E-state index contributed by atoms with van der Waals surface area (Å²) in [5, 5.41) is 10.9. The zero-order valence-electron chi connectivity index (χ0n) is 14.0. The smallest absolute Gasteiger partial charge is 0.342 e. The van der Waals surface area contributed by atoms with Crippen LogP contribution in [-0.2, 0) is 11.2 Å². The number of rotatable bonds is 4. The van der Waals surface area contributed by atoms with Crippen LogP contribution in [0.25, 0.3) is 0 Å². The van der Waals surface area contributed by atoms with Gasteiger partial charge in [0.15, 0.2) is 0 Å². The first-order valence-corrected chi connectivity index (χ1v) is 7.87. The molecular formula is C18H20N2O5. The Morgan fingerprint density at radius 2 is 1.92 bits per heavy atom. The van der Waals surface area contributed by atoms with Gasteiger partial charge >= 0.3 is 6.03 Å². The molecule has 132 valence electrons. The molecule has 3 rings (SSSR count). The van der Waals surface area contributed by atoms with Gasteiger partial charge in [-0.15, -0.1) is 0 Å². The molecule has 7 nitrogen and oxygen atoms in total. The Kier molecular flexibility index (Phi) is 4.78. The molecule has 3 N–H and O–H groups in total. The number of hydrogen-bond donors (Lipinski definition) is 3. The zero-order chi connectivity index (χ0) is 17.9. The zero-order valence-corrected chi connectivity index (χ0v) is 14.0. The maximum Gasteiger partial charge on any atom is 0.342 e. The number of ether oxygens (including phenoxy) is 3. The van der Waals surface area contributed by atoms with Crippen molar-refractivity contribution < 1.29 is 24.2 Å². The SMILES string of the molecule is COC1(C)CCc2ccc(Oc3ccc(NC(=O)NO)cc3)cc2O1. The van der Waals surface area contributed by atoms with Crippen LogP contribution in [0.1, 0.15) is 18.9 Å². The number of carbonyl (C=O) groups is 1. The highest BCUT2D eigenvalue weighted by Gasteiger charge is 2.31. The van der Waals surface area contributed by atoms with Crippen molar-refractivity contribution in [1.29, 1.82) is 0 Å². The van der Waals surface area contributed by atoms with Gasteiger partial charge in [0.05, 0.1) is 0 Å². The van der Waals surface area contributed by atoms with Crippen LogP contribution in [0.3, 0.4) is 0 Å². The summed E-state index contributed by atoms with van der Waals surface area (Å²) >= 11 is 0. The monoisotopic (exact) mass is 344 g/mol. The number of amides is 2. The van der Waals surface area contributed by atoms with Crippen LogP contribution in [0.15, 0.2) is 42.5 Å². The third-order valence-electron chi connectivity index (χ3n) is 4.09. The van der Waals surface area contributed by atoms with Crippen molar-refractivity contribution in [2.24, 2.45) is 0 Å². The van der Waals surface area contributed by atoms with Gasteiger partial charge in [0.2, 0.25) is 5.79 Å². The Labute approximate surface area is 145 Å². The standard InChI is InChI=1S/C18H20N2O5/c1-18(23-2)10-9-12-3-6-15(11-16(12)25-18)24-14-7-4-13(5-8-14)19-17(21)20-22/h3-8,11,22H,9-10H2,1-2H3,(H2,19,20,21). The lowest BCUT2D eigenvalue weighted by atomic mass is 10.0. The molecule has 0 radical (unpaired) electrons. The van der Waals surface area contributed by atoms with Crippen molar-refractivity contribution in [3.05, 3.63) is 48.0 Å². The number of benzene rings is 2. The van der Waals surface area contributed by atoms with Crippen LogP contribution >= 0.6 is 0 Å². The molecule has 7 heteroatoms. The van der Waals surface area contributed by atoms with Gasteiger partial charge in [0, 0.05) is 32.2 Å². The lowest BCUT2D eigenvalue weighted by Gasteiger charge is -2.34. The molecule has 0 bridgehead atoms. The first kappa shape index (κ1) is 17.1. The highest BCUT2D eigenvalue weighted by Crippen LogP contribution is 2.37. The molecule has 0 aromatic heterocycles. The van der Waals surface area contributed by atoms with Crippen LogP contribution in [0.5, 0.6) is 17.2 Å². The molecule has 1 heterocycles. The number of hydrogen-bond acceptors (Lipinski definition) is 5. The molecule has 1 aliphatic heterocycles. The Balaban J connectivity index is 1.71. The van der Waals surface area contributed by atoms with E-state index in [-0.39, 0.29) is 0 Å². The maximum absolute atomic E-state index is 11.0. The lowest BCUT2D eigenvalue weighted by molar-refractivity contribution is -0.160. The van der Waals surface area contributed by atoms with Gasteiger partial charge in [0.1, 0.15) is 17.2 Å². The summed E-state index contributed by atoms with van der Waals surface area (Å²) in [5.41, 5.74) is 3.16. The minimum Gasteiger partial charge on any atom is -0.462 e. The van der Waals surface area contributed by atoms with Crippen molar-refractivity contribution in [1.82, 2.24) is 5.48 Å². The second kappa shape index (κ2) is 7.00. The van der Waals surface area contributed by atoms with Crippen LogP contribution in [0, 0.1) is 0 Å². The summed E-state index contributed by atoms with van der Waals surface area (Å²) in [4.78, 5) is 11.0. The first-order chi connectivity index (χ1) is 12.0. The average molecular weight is 344 g/mol. The minimum absolute atomic E-state index is 0.531. The van der Waals surface area contributed by atoms with Gasteiger partial charge in [0.25, 0.3) is 0 Å². The van der Waals surface area contributed by atoms with Crippen molar-refractivity contribution in [3.8, 4) is 17.2 Å². The number of hydroxylamine groups is 1. The van der Waals surface area contributed by atoms with Crippen molar-refractivity contribution in [2.75, 3.05) is 12.4 Å². The summed E-state index contributed by atoms with van der Waals surface area (Å²) < 4.78 is 17.2. The molecule has 0 saturated carbocycles. The van der Waals surface area contributed by atoms with Gasteiger partial charge in [-0.2, -0.15) is 0 Å². The van der Waals surface area contributed by atoms with E-state index in [9.17, 15) is 4.79 Å². The molecule has 0 saturated heterocycles. The van der Waals surface area contributed by atoms with E-state index in [2.05, 4.69) is 5.32 Å². The molecule has 2 aromatic rings. The molecule has 25 heavy (non-hydrogen) atoms. The highest BCUT2D eigenvalue weighted by atomic mass is 16.7. The predicted molar refractivity (Wildman–Crippen MR) is 91.3 cm³/mol. The normalized spacial score (nSPS) is 18.7. The average Bonchev–Trinajstić information content (AvgIpc) is 2.63. The van der Waals surface area contributed by atoms with E-state index in [1.165, 1.54) is 5.48 Å². The molecule has 1 atom stereocenters. The van der Waals surface area contributed by atoms with E-state index in [1.807, 2.05) is 25.1 Å². The summed E-state index contributed by atoms with van der Waals surface area (Å²) in [6, 6.07) is 11.8. The Morgan fingerprint density at radius 3 is 2.60 bits per heavy atom. The Morgan fingerprint density at radius 1 is 1.20 bits per heavy atom. The molecule has 1 unspecified atom stereocenters. The number of methoxy groups -OCH3 is 1. The summed E-state index contributed by atoms with van der Waals surface area (Å²) in [5.74, 6) is 1.39. The largest absolute Gasteiger partial charge is 0.462 e. The predicted octanol–water partition coefficient (Wildman–Crippen LogP) is 3.68. The topological polar surface area (TPSA) is 89.1 Å². The van der Waals surface area contributed by atoms with Gasteiger partial charge < -0.3 is 19.5 Å². The van der Waals surface area contributed by atoms with E-state index in [0.29, 0.717) is 17.2 Å².